The molecular weight excluding hydrogens is 420 g/mol. The lowest BCUT2D eigenvalue weighted by Gasteiger charge is -2.26. The van der Waals surface area contributed by atoms with Gasteiger partial charge in [0.05, 0.1) is 25.0 Å². The average molecular weight is 447 g/mol. The van der Waals surface area contributed by atoms with Crippen LogP contribution in [0.4, 0.5) is 0 Å². The van der Waals surface area contributed by atoms with Crippen molar-refractivity contribution in [2.24, 2.45) is 5.10 Å². The zero-order valence-electron chi connectivity index (χ0n) is 18.5. The molecule has 8 heteroatoms. The van der Waals surface area contributed by atoms with E-state index in [4.69, 9.17) is 9.15 Å². The van der Waals surface area contributed by atoms with Gasteiger partial charge in [0.15, 0.2) is 5.76 Å². The molecule has 1 aromatic carbocycles. The standard InChI is InChI=1S/C25H26N4O4/c1-17-19(16-28-9-11-32-12-10-28)13-24(33-17)25(31)29-22(20-6-2-3-7-23(20)30)14-21(27-29)18-5-4-8-26-15-18/h2-8,13,15,22,30H,9-12,14,16H2,1H3. The maximum Gasteiger partial charge on any atom is 0.310 e. The number of benzene rings is 1. The molecule has 8 nitrogen and oxygen atoms in total. The molecule has 1 unspecified atom stereocenters. The first-order valence-corrected chi connectivity index (χ1v) is 11.1. The molecule has 1 fully saturated rings. The molecule has 1 atom stereocenters. The van der Waals surface area contributed by atoms with Crippen LogP contribution in [0.5, 0.6) is 5.75 Å². The Balaban J connectivity index is 1.45. The van der Waals surface area contributed by atoms with Gasteiger partial charge in [-0.25, -0.2) is 5.01 Å². The van der Waals surface area contributed by atoms with Crippen LogP contribution in [0.3, 0.4) is 0 Å². The fourth-order valence-electron chi connectivity index (χ4n) is 4.31. The maximum absolute atomic E-state index is 13.6. The lowest BCUT2D eigenvalue weighted by molar-refractivity contribution is 0.0340. The highest BCUT2D eigenvalue weighted by atomic mass is 16.5. The molecule has 2 aliphatic heterocycles. The highest BCUT2D eigenvalue weighted by Crippen LogP contribution is 2.38. The molecule has 1 N–H and O–H groups in total. The number of amides is 1. The summed E-state index contributed by atoms with van der Waals surface area (Å²) >= 11 is 0. The Kier molecular flexibility index (Phi) is 5.93. The topological polar surface area (TPSA) is 91.4 Å². The largest absolute Gasteiger partial charge is 0.508 e. The number of pyridine rings is 1. The summed E-state index contributed by atoms with van der Waals surface area (Å²) in [4.78, 5) is 20.0. The van der Waals surface area contributed by atoms with E-state index in [1.54, 1.807) is 24.5 Å². The van der Waals surface area contributed by atoms with E-state index in [0.717, 1.165) is 35.7 Å². The molecule has 4 heterocycles. The Morgan fingerprint density at radius 3 is 2.76 bits per heavy atom. The monoisotopic (exact) mass is 446 g/mol. The van der Waals surface area contributed by atoms with Gasteiger partial charge in [-0.2, -0.15) is 5.10 Å². The summed E-state index contributed by atoms with van der Waals surface area (Å²) in [6, 6.07) is 12.2. The molecule has 33 heavy (non-hydrogen) atoms. The SMILES string of the molecule is Cc1oc(C(=O)N2N=C(c3cccnc3)CC2c2ccccc2O)cc1CN1CCOCC1. The second kappa shape index (κ2) is 9.17. The molecule has 1 amide bonds. The Labute approximate surface area is 192 Å². The third kappa shape index (κ3) is 4.40. The van der Waals surface area contributed by atoms with Crippen molar-refractivity contribution >= 4 is 11.6 Å². The smallest absolute Gasteiger partial charge is 0.310 e. The minimum atomic E-state index is -0.443. The van der Waals surface area contributed by atoms with Gasteiger partial charge in [0.1, 0.15) is 11.5 Å². The lowest BCUT2D eigenvalue weighted by Crippen LogP contribution is -2.35. The van der Waals surface area contributed by atoms with E-state index in [1.807, 2.05) is 37.3 Å². The molecule has 0 bridgehead atoms. The van der Waals surface area contributed by atoms with E-state index in [2.05, 4.69) is 15.0 Å². The fraction of sp³-hybridized carbons (Fsp3) is 0.320. The van der Waals surface area contributed by atoms with Gasteiger partial charge in [-0.3, -0.25) is 14.7 Å². The summed E-state index contributed by atoms with van der Waals surface area (Å²) in [7, 11) is 0. The van der Waals surface area contributed by atoms with Gasteiger partial charge < -0.3 is 14.3 Å². The Morgan fingerprint density at radius 1 is 1.18 bits per heavy atom. The van der Waals surface area contributed by atoms with E-state index in [9.17, 15) is 9.90 Å². The maximum atomic E-state index is 13.6. The minimum Gasteiger partial charge on any atom is -0.508 e. The number of carbonyl (C=O) groups is 1. The third-order valence-electron chi connectivity index (χ3n) is 6.14. The summed E-state index contributed by atoms with van der Waals surface area (Å²) in [5.74, 6) is 0.761. The number of aromatic nitrogens is 1. The van der Waals surface area contributed by atoms with Crippen molar-refractivity contribution in [3.8, 4) is 5.75 Å². The van der Waals surface area contributed by atoms with Crippen molar-refractivity contribution < 1.29 is 19.1 Å². The van der Waals surface area contributed by atoms with Crippen LogP contribution < -0.4 is 0 Å². The van der Waals surface area contributed by atoms with E-state index in [-0.39, 0.29) is 17.4 Å². The summed E-state index contributed by atoms with van der Waals surface area (Å²) in [6.45, 7) is 5.72. The molecular formula is C25H26N4O4. The molecule has 170 valence electrons. The van der Waals surface area contributed by atoms with E-state index < -0.39 is 6.04 Å². The third-order valence-corrected chi connectivity index (χ3v) is 6.14. The van der Waals surface area contributed by atoms with Crippen LogP contribution in [0, 0.1) is 6.92 Å². The summed E-state index contributed by atoms with van der Waals surface area (Å²) in [5.41, 5.74) is 3.21. The number of rotatable bonds is 5. The molecule has 2 aliphatic rings. The molecule has 5 rings (SSSR count). The first kappa shape index (κ1) is 21.4. The number of para-hydroxylation sites is 1. The van der Waals surface area contributed by atoms with Crippen LogP contribution >= 0.6 is 0 Å². The van der Waals surface area contributed by atoms with E-state index in [1.165, 1.54) is 5.01 Å². The highest BCUT2D eigenvalue weighted by molar-refractivity contribution is 6.04. The van der Waals surface area contributed by atoms with Crippen LogP contribution in [-0.2, 0) is 11.3 Å². The second-order valence-electron chi connectivity index (χ2n) is 8.30. The molecule has 1 saturated heterocycles. The predicted molar refractivity (Wildman–Crippen MR) is 122 cm³/mol. The van der Waals surface area contributed by atoms with Crippen LogP contribution in [0.25, 0.3) is 0 Å². The minimum absolute atomic E-state index is 0.131. The summed E-state index contributed by atoms with van der Waals surface area (Å²) in [5, 5.41) is 16.6. The Morgan fingerprint density at radius 2 is 2.00 bits per heavy atom. The first-order valence-electron chi connectivity index (χ1n) is 11.1. The molecule has 0 radical (unpaired) electrons. The molecule has 0 aliphatic carbocycles. The van der Waals surface area contributed by atoms with Gasteiger partial charge in [0.25, 0.3) is 0 Å². The summed E-state index contributed by atoms with van der Waals surface area (Å²) < 4.78 is 11.3. The van der Waals surface area contributed by atoms with Crippen molar-refractivity contribution in [2.75, 3.05) is 26.3 Å². The number of aryl methyl sites for hydroxylation is 1. The van der Waals surface area contributed by atoms with Crippen LogP contribution in [0.1, 0.15) is 45.5 Å². The van der Waals surface area contributed by atoms with Gasteiger partial charge in [-0.1, -0.05) is 24.3 Å². The van der Waals surface area contributed by atoms with Crippen molar-refractivity contribution in [2.45, 2.75) is 25.9 Å². The average Bonchev–Trinajstić information content (AvgIpc) is 3.44. The quantitative estimate of drug-likeness (QED) is 0.645. The number of hydrogen-bond acceptors (Lipinski definition) is 7. The van der Waals surface area contributed by atoms with E-state index >= 15 is 0 Å². The molecule has 3 aromatic rings. The van der Waals surface area contributed by atoms with Gasteiger partial charge >= 0.3 is 5.91 Å². The molecule has 2 aromatic heterocycles. The van der Waals surface area contributed by atoms with Crippen molar-refractivity contribution in [1.29, 1.82) is 0 Å². The van der Waals surface area contributed by atoms with Gasteiger partial charge in [-0.15, -0.1) is 0 Å². The van der Waals surface area contributed by atoms with Gasteiger partial charge in [-0.05, 0) is 25.1 Å². The molecule has 0 spiro atoms. The predicted octanol–water partition coefficient (Wildman–Crippen LogP) is 3.51. The van der Waals surface area contributed by atoms with Crippen LogP contribution in [0.2, 0.25) is 0 Å². The normalized spacial score (nSPS) is 19.0. The fourth-order valence-corrected chi connectivity index (χ4v) is 4.31. The number of carbonyl (C=O) groups excluding carboxylic acids is 1. The van der Waals surface area contributed by atoms with Crippen molar-refractivity contribution in [1.82, 2.24) is 14.9 Å². The number of hydrazone groups is 1. The Hall–Kier alpha value is -3.49. The lowest BCUT2D eigenvalue weighted by atomic mass is 9.98. The number of ether oxygens (including phenoxy) is 1. The number of phenols is 1. The highest BCUT2D eigenvalue weighted by Gasteiger charge is 2.36. The number of hydrogen-bond donors (Lipinski definition) is 1. The number of morpholine rings is 1. The van der Waals surface area contributed by atoms with E-state index in [0.29, 0.717) is 31.7 Å². The van der Waals surface area contributed by atoms with Gasteiger partial charge in [0, 0.05) is 55.1 Å². The van der Waals surface area contributed by atoms with Crippen LogP contribution in [0.15, 0.2) is 64.4 Å². The van der Waals surface area contributed by atoms with Crippen molar-refractivity contribution in [3.63, 3.8) is 0 Å². The second-order valence-corrected chi connectivity index (χ2v) is 8.30. The Bertz CT molecular complexity index is 1170. The number of furan rings is 1. The first-order chi connectivity index (χ1) is 16.1. The van der Waals surface area contributed by atoms with Gasteiger partial charge in [0.2, 0.25) is 0 Å². The molecule has 0 saturated carbocycles. The number of phenolic OH excluding ortho intramolecular Hbond substituents is 1. The number of nitrogens with zero attached hydrogens (tertiary/aromatic N) is 4. The van der Waals surface area contributed by atoms with Crippen LogP contribution in [-0.4, -0.2) is 57.9 Å². The summed E-state index contributed by atoms with van der Waals surface area (Å²) in [6.07, 6.45) is 3.89. The zero-order valence-corrected chi connectivity index (χ0v) is 18.5. The van der Waals surface area contributed by atoms with Crippen molar-refractivity contribution in [3.05, 3.63) is 83.1 Å². The zero-order chi connectivity index (χ0) is 22.8. The number of aromatic hydroxyl groups is 1.